The molecule has 0 unspecified atom stereocenters. The van der Waals surface area contributed by atoms with Crippen molar-refractivity contribution in [1.82, 2.24) is 19.4 Å². The van der Waals surface area contributed by atoms with Crippen LogP contribution in [0.5, 0.6) is 5.75 Å². The molecule has 0 atom stereocenters. The molecule has 0 bridgehead atoms. The van der Waals surface area contributed by atoms with Crippen LogP contribution >= 0.6 is 0 Å². The van der Waals surface area contributed by atoms with Crippen LogP contribution < -0.4 is 10.5 Å². The number of nitrogens with two attached hydrogens (primary N) is 1. The summed E-state index contributed by atoms with van der Waals surface area (Å²) in [5.41, 5.74) is 9.84. The molecule has 8 nitrogen and oxygen atoms in total. The Hall–Kier alpha value is -4.37. The fourth-order valence-electron chi connectivity index (χ4n) is 5.09. The van der Waals surface area contributed by atoms with Crippen molar-refractivity contribution < 1.29 is 18.7 Å². The molecule has 6 rings (SSSR count). The maximum absolute atomic E-state index is 14.6. The summed E-state index contributed by atoms with van der Waals surface area (Å²) >= 11 is 0. The largest absolute Gasteiger partial charge is 0.489 e. The van der Waals surface area contributed by atoms with Crippen LogP contribution in [0.25, 0.3) is 27.7 Å². The number of amides is 1. The minimum atomic E-state index is -0.966. The number of halogens is 1. The number of carbonyl (C=O) groups excluding carboxylic acids is 1. The van der Waals surface area contributed by atoms with Crippen LogP contribution in [-0.2, 0) is 21.6 Å². The Bertz CT molecular complexity index is 1610. The van der Waals surface area contributed by atoms with E-state index in [0.29, 0.717) is 37.4 Å². The average molecular weight is 498 g/mol. The third kappa shape index (κ3) is 4.17. The monoisotopic (exact) mass is 497 g/mol. The smallest absolute Gasteiger partial charge is 0.228 e. The van der Waals surface area contributed by atoms with E-state index in [0.717, 1.165) is 33.2 Å². The minimum absolute atomic E-state index is 0.209. The van der Waals surface area contributed by atoms with Gasteiger partial charge in [-0.25, -0.2) is 19.3 Å². The van der Waals surface area contributed by atoms with Crippen LogP contribution in [0.2, 0.25) is 0 Å². The molecule has 37 heavy (non-hydrogen) atoms. The van der Waals surface area contributed by atoms with Crippen LogP contribution in [0.3, 0.4) is 0 Å². The van der Waals surface area contributed by atoms with Gasteiger partial charge in [0.25, 0.3) is 0 Å². The highest BCUT2D eigenvalue weighted by molar-refractivity contribution is 5.97. The fraction of sp³-hybridized carbons (Fsp3) is 0.214. The van der Waals surface area contributed by atoms with E-state index in [2.05, 4.69) is 15.0 Å². The van der Waals surface area contributed by atoms with Crippen LogP contribution in [0, 0.1) is 5.82 Å². The number of primary amides is 1. The number of fused-ring (bicyclic) bond motifs is 3. The molecule has 9 heteroatoms. The van der Waals surface area contributed by atoms with Crippen LogP contribution in [0.1, 0.15) is 24.0 Å². The first-order valence-corrected chi connectivity index (χ1v) is 12.0. The Morgan fingerprint density at radius 1 is 1.11 bits per heavy atom. The Morgan fingerprint density at radius 2 is 1.92 bits per heavy atom. The van der Waals surface area contributed by atoms with Gasteiger partial charge in [-0.3, -0.25) is 9.20 Å². The highest BCUT2D eigenvalue weighted by Crippen LogP contribution is 2.37. The fourth-order valence-corrected chi connectivity index (χ4v) is 5.09. The SMILES string of the molecule is NC(=O)C1(c2cc(F)cc(OCc3ccc4c(-c5cncnc5)cc5nccn5c4c3)c2)CCOCC1. The zero-order chi connectivity index (χ0) is 25.4. The molecular formula is C28H24FN5O3. The number of ether oxygens (including phenoxy) is 2. The number of rotatable bonds is 6. The summed E-state index contributed by atoms with van der Waals surface area (Å²) in [7, 11) is 0. The molecule has 1 fully saturated rings. The van der Waals surface area contributed by atoms with Crippen molar-refractivity contribution in [1.29, 1.82) is 0 Å². The van der Waals surface area contributed by atoms with Crippen molar-refractivity contribution in [2.24, 2.45) is 5.73 Å². The van der Waals surface area contributed by atoms with Gasteiger partial charge >= 0.3 is 0 Å². The van der Waals surface area contributed by atoms with Gasteiger partial charge in [0.1, 0.15) is 30.1 Å². The molecule has 1 saturated heterocycles. The Morgan fingerprint density at radius 3 is 2.70 bits per heavy atom. The predicted octanol–water partition coefficient (Wildman–Crippen LogP) is 4.20. The lowest BCUT2D eigenvalue weighted by atomic mass is 9.73. The second kappa shape index (κ2) is 9.25. The quantitative estimate of drug-likeness (QED) is 0.377. The third-order valence-electron chi connectivity index (χ3n) is 7.07. The number of hydrogen-bond donors (Lipinski definition) is 1. The molecule has 2 aromatic carbocycles. The molecule has 1 aliphatic rings. The summed E-state index contributed by atoms with van der Waals surface area (Å²) in [6.07, 6.45) is 9.53. The summed E-state index contributed by atoms with van der Waals surface area (Å²) in [6, 6.07) is 12.4. The van der Waals surface area contributed by atoms with Gasteiger partial charge in [-0.1, -0.05) is 12.1 Å². The zero-order valence-corrected chi connectivity index (χ0v) is 19.9. The van der Waals surface area contributed by atoms with Crippen LogP contribution in [-0.4, -0.2) is 38.5 Å². The van der Waals surface area contributed by atoms with E-state index in [1.165, 1.54) is 18.5 Å². The molecule has 0 aliphatic carbocycles. The van der Waals surface area contributed by atoms with Crippen molar-refractivity contribution in [2.75, 3.05) is 13.2 Å². The van der Waals surface area contributed by atoms with Crippen molar-refractivity contribution in [2.45, 2.75) is 24.9 Å². The first-order valence-electron chi connectivity index (χ1n) is 12.0. The van der Waals surface area contributed by atoms with Crippen molar-refractivity contribution in [3.05, 3.63) is 90.5 Å². The van der Waals surface area contributed by atoms with Crippen molar-refractivity contribution in [3.63, 3.8) is 0 Å². The molecule has 0 radical (unpaired) electrons. The van der Waals surface area contributed by atoms with E-state index < -0.39 is 17.1 Å². The summed E-state index contributed by atoms with van der Waals surface area (Å²) < 4.78 is 28.0. The Balaban J connectivity index is 1.34. The highest BCUT2D eigenvalue weighted by Gasteiger charge is 2.40. The van der Waals surface area contributed by atoms with Gasteiger partial charge in [0, 0.05) is 55.0 Å². The van der Waals surface area contributed by atoms with Gasteiger partial charge in [-0.15, -0.1) is 0 Å². The van der Waals surface area contributed by atoms with E-state index >= 15 is 0 Å². The maximum Gasteiger partial charge on any atom is 0.228 e. The van der Waals surface area contributed by atoms with E-state index in [-0.39, 0.29) is 6.61 Å². The molecule has 3 aromatic heterocycles. The third-order valence-corrected chi connectivity index (χ3v) is 7.07. The van der Waals surface area contributed by atoms with Crippen molar-refractivity contribution >= 4 is 22.5 Å². The lowest BCUT2D eigenvalue weighted by Gasteiger charge is -2.34. The standard InChI is InChI=1S/C28H24FN5O3/c29-21-10-20(28(27(30)35)3-7-36-8-4-28)11-22(12-21)37-16-18-1-2-23-24(19-14-31-17-32-15-19)13-26-33-5-6-34(26)25(23)9-18/h1-2,5-6,9-15,17H,3-4,7-8,16H2,(H2,30,35). The molecule has 0 spiro atoms. The molecule has 4 heterocycles. The van der Waals surface area contributed by atoms with Crippen LogP contribution in [0.15, 0.2) is 73.6 Å². The van der Waals surface area contributed by atoms with E-state index in [1.807, 2.05) is 34.9 Å². The first-order chi connectivity index (χ1) is 18.0. The van der Waals surface area contributed by atoms with Gasteiger partial charge in [0.2, 0.25) is 5.91 Å². The molecule has 2 N–H and O–H groups in total. The number of nitrogens with zero attached hydrogens (tertiary/aromatic N) is 4. The summed E-state index contributed by atoms with van der Waals surface area (Å²) in [5.74, 6) is -0.621. The number of carbonyl (C=O) groups is 1. The molecule has 186 valence electrons. The number of imidazole rings is 1. The zero-order valence-electron chi connectivity index (χ0n) is 19.9. The average Bonchev–Trinajstić information content (AvgIpc) is 3.41. The van der Waals surface area contributed by atoms with Crippen molar-refractivity contribution in [3.8, 4) is 16.9 Å². The number of aromatic nitrogens is 4. The molecule has 5 aromatic rings. The van der Waals surface area contributed by atoms with E-state index in [1.54, 1.807) is 24.7 Å². The summed E-state index contributed by atoms with van der Waals surface area (Å²) in [6.45, 7) is 0.999. The van der Waals surface area contributed by atoms with Gasteiger partial charge < -0.3 is 15.2 Å². The number of pyridine rings is 1. The molecule has 0 saturated carbocycles. The highest BCUT2D eigenvalue weighted by atomic mass is 19.1. The second-order valence-electron chi connectivity index (χ2n) is 9.22. The van der Waals surface area contributed by atoms with Gasteiger partial charge in [-0.05, 0) is 53.8 Å². The van der Waals surface area contributed by atoms with Gasteiger partial charge in [-0.2, -0.15) is 0 Å². The van der Waals surface area contributed by atoms with Gasteiger partial charge in [0.15, 0.2) is 0 Å². The second-order valence-corrected chi connectivity index (χ2v) is 9.22. The van der Waals surface area contributed by atoms with Crippen LogP contribution in [0.4, 0.5) is 4.39 Å². The molecule has 1 amide bonds. The lowest BCUT2D eigenvalue weighted by Crippen LogP contribution is -2.45. The Labute approximate surface area is 211 Å². The minimum Gasteiger partial charge on any atom is -0.489 e. The Kier molecular flexibility index (Phi) is 5.77. The summed E-state index contributed by atoms with van der Waals surface area (Å²) in [4.78, 5) is 25.2. The van der Waals surface area contributed by atoms with E-state index in [4.69, 9.17) is 15.2 Å². The first kappa shape index (κ1) is 23.1. The normalized spacial score (nSPS) is 15.2. The molecule has 1 aliphatic heterocycles. The molecular weight excluding hydrogens is 473 g/mol. The predicted molar refractivity (Wildman–Crippen MR) is 135 cm³/mol. The maximum atomic E-state index is 14.6. The topological polar surface area (TPSA) is 105 Å². The van der Waals surface area contributed by atoms with E-state index in [9.17, 15) is 9.18 Å². The lowest BCUT2D eigenvalue weighted by molar-refractivity contribution is -0.127. The summed E-state index contributed by atoms with van der Waals surface area (Å²) in [5, 5.41) is 1.01. The van der Waals surface area contributed by atoms with Gasteiger partial charge in [0.05, 0.1) is 10.9 Å². The number of hydrogen-bond acceptors (Lipinski definition) is 6. The number of benzene rings is 2.